The highest BCUT2D eigenvalue weighted by atomic mass is 19.4. The van der Waals surface area contributed by atoms with Crippen molar-refractivity contribution in [2.24, 2.45) is 0 Å². The van der Waals surface area contributed by atoms with Crippen LogP contribution in [0.4, 0.5) is 18.9 Å². The van der Waals surface area contributed by atoms with Crippen molar-refractivity contribution >= 4 is 5.69 Å². The van der Waals surface area contributed by atoms with Crippen LogP contribution in [0, 0.1) is 6.92 Å². The molecule has 94 valence electrons. The molecule has 1 nitrogen and oxygen atoms in total. The Hall–Kier alpha value is -1.19. The van der Waals surface area contributed by atoms with Crippen molar-refractivity contribution in [1.29, 1.82) is 0 Å². The van der Waals surface area contributed by atoms with Crippen LogP contribution in [0.3, 0.4) is 0 Å². The van der Waals surface area contributed by atoms with Gasteiger partial charge >= 0.3 is 6.18 Å². The van der Waals surface area contributed by atoms with Gasteiger partial charge in [-0.1, -0.05) is 33.8 Å². The first-order chi connectivity index (χ1) is 7.41. The van der Waals surface area contributed by atoms with E-state index in [9.17, 15) is 13.2 Å². The molecule has 0 atom stereocenters. The molecule has 0 saturated carbocycles. The highest BCUT2D eigenvalue weighted by molar-refractivity contribution is 5.50. The lowest BCUT2D eigenvalue weighted by Crippen LogP contribution is -2.08. The number of halogens is 3. The molecule has 2 N–H and O–H groups in total. The summed E-state index contributed by atoms with van der Waals surface area (Å²) in [7, 11) is 0. The molecule has 0 heterocycles. The fourth-order valence-corrected chi connectivity index (χ4v) is 0.940. The highest BCUT2D eigenvalue weighted by Crippen LogP contribution is 2.33. The zero-order valence-electron chi connectivity index (χ0n) is 10.4. The first-order valence-corrected chi connectivity index (χ1v) is 5.34. The fraction of sp³-hybridized carbons (Fsp3) is 0.500. The van der Waals surface area contributed by atoms with Crippen molar-refractivity contribution in [3.05, 3.63) is 29.3 Å². The van der Waals surface area contributed by atoms with Gasteiger partial charge in [-0.15, -0.1) is 0 Å². The Kier molecular flexibility index (Phi) is 8.63. The van der Waals surface area contributed by atoms with Gasteiger partial charge in [0.25, 0.3) is 0 Å². The van der Waals surface area contributed by atoms with Gasteiger partial charge in [0.1, 0.15) is 0 Å². The van der Waals surface area contributed by atoms with E-state index in [1.807, 2.05) is 27.7 Å². The maximum Gasteiger partial charge on any atom is 0.418 e. The van der Waals surface area contributed by atoms with E-state index in [-0.39, 0.29) is 5.69 Å². The van der Waals surface area contributed by atoms with E-state index in [1.54, 1.807) is 6.92 Å². The van der Waals surface area contributed by atoms with E-state index in [0.29, 0.717) is 0 Å². The van der Waals surface area contributed by atoms with E-state index in [0.717, 1.165) is 11.6 Å². The molecule has 1 aromatic rings. The van der Waals surface area contributed by atoms with Crippen LogP contribution >= 0.6 is 0 Å². The maximum absolute atomic E-state index is 12.1. The van der Waals surface area contributed by atoms with Gasteiger partial charge in [0.05, 0.1) is 5.56 Å². The van der Waals surface area contributed by atoms with Crippen molar-refractivity contribution in [1.82, 2.24) is 0 Å². The maximum atomic E-state index is 12.1. The number of hydrogen-bond donors (Lipinski definition) is 1. The Morgan fingerprint density at radius 1 is 1.00 bits per heavy atom. The molecule has 0 amide bonds. The van der Waals surface area contributed by atoms with Crippen LogP contribution in [0.25, 0.3) is 0 Å². The van der Waals surface area contributed by atoms with Gasteiger partial charge < -0.3 is 5.73 Å². The zero-order valence-corrected chi connectivity index (χ0v) is 10.4. The molecule has 0 unspecified atom stereocenters. The summed E-state index contributed by atoms with van der Waals surface area (Å²) in [5.41, 5.74) is 4.92. The van der Waals surface area contributed by atoms with Gasteiger partial charge in [0, 0.05) is 5.69 Å². The van der Waals surface area contributed by atoms with E-state index in [2.05, 4.69) is 0 Å². The second-order valence-corrected chi connectivity index (χ2v) is 2.59. The fourth-order valence-electron chi connectivity index (χ4n) is 0.940. The third-order valence-electron chi connectivity index (χ3n) is 1.51. The molecule has 0 bridgehead atoms. The number of nitrogen functional groups attached to an aromatic ring is 1. The molecule has 0 spiro atoms. The Morgan fingerprint density at radius 2 is 1.44 bits per heavy atom. The van der Waals surface area contributed by atoms with Gasteiger partial charge in [0.15, 0.2) is 0 Å². The molecule has 16 heavy (non-hydrogen) atoms. The number of hydrogen-bond acceptors (Lipinski definition) is 1. The topological polar surface area (TPSA) is 26.0 Å². The molecule has 1 rings (SSSR count). The molecule has 0 aliphatic heterocycles. The number of aryl methyl sites for hydroxylation is 1. The quantitative estimate of drug-likeness (QED) is 0.651. The molecule has 0 radical (unpaired) electrons. The van der Waals surface area contributed by atoms with E-state index >= 15 is 0 Å². The van der Waals surface area contributed by atoms with Crippen molar-refractivity contribution in [2.75, 3.05) is 5.73 Å². The summed E-state index contributed by atoms with van der Waals surface area (Å²) in [6.07, 6.45) is -4.35. The van der Waals surface area contributed by atoms with Crippen molar-refractivity contribution in [3.63, 3.8) is 0 Å². The minimum absolute atomic E-state index is 0.220. The second kappa shape index (κ2) is 8.02. The Bertz CT molecular complexity index is 293. The van der Waals surface area contributed by atoms with E-state index in [1.165, 1.54) is 12.1 Å². The molecule has 0 fully saturated rings. The van der Waals surface area contributed by atoms with Gasteiger partial charge in [0.2, 0.25) is 0 Å². The molecule has 0 aliphatic carbocycles. The Labute approximate surface area is 95.5 Å². The van der Waals surface area contributed by atoms with Crippen LogP contribution < -0.4 is 5.73 Å². The highest BCUT2D eigenvalue weighted by Gasteiger charge is 2.32. The van der Waals surface area contributed by atoms with Crippen molar-refractivity contribution in [2.45, 2.75) is 40.8 Å². The summed E-state index contributed by atoms with van der Waals surface area (Å²) < 4.78 is 36.3. The summed E-state index contributed by atoms with van der Waals surface area (Å²) >= 11 is 0. The van der Waals surface area contributed by atoms with Crippen molar-refractivity contribution < 1.29 is 13.2 Å². The summed E-state index contributed by atoms with van der Waals surface area (Å²) in [4.78, 5) is 0. The lowest BCUT2D eigenvalue weighted by Gasteiger charge is -2.09. The Balaban J connectivity index is 0. The third kappa shape index (κ3) is 5.63. The van der Waals surface area contributed by atoms with E-state index < -0.39 is 11.7 Å². The smallest absolute Gasteiger partial charge is 0.398 e. The number of nitrogens with two attached hydrogens (primary N) is 1. The Morgan fingerprint density at radius 3 is 1.75 bits per heavy atom. The average molecular weight is 235 g/mol. The third-order valence-corrected chi connectivity index (χ3v) is 1.51. The lowest BCUT2D eigenvalue weighted by atomic mass is 10.1. The van der Waals surface area contributed by atoms with Crippen molar-refractivity contribution in [3.8, 4) is 0 Å². The average Bonchev–Trinajstić information content (AvgIpc) is 2.21. The summed E-state index contributed by atoms with van der Waals surface area (Å²) in [5, 5.41) is 0. The summed E-state index contributed by atoms with van der Waals surface area (Å²) in [6.45, 7) is 9.69. The molecule has 0 saturated heterocycles. The predicted octanol–water partition coefficient (Wildman–Crippen LogP) is 4.65. The lowest BCUT2D eigenvalue weighted by molar-refractivity contribution is -0.136. The molecular weight excluding hydrogens is 215 g/mol. The van der Waals surface area contributed by atoms with Crippen LogP contribution in [0.15, 0.2) is 18.2 Å². The molecule has 1 aromatic carbocycles. The monoisotopic (exact) mass is 235 g/mol. The van der Waals surface area contributed by atoms with Gasteiger partial charge in [-0.25, -0.2) is 0 Å². The second-order valence-electron chi connectivity index (χ2n) is 2.59. The number of anilines is 1. The zero-order chi connectivity index (χ0) is 13.4. The normalized spacial score (nSPS) is 9.50. The minimum Gasteiger partial charge on any atom is -0.398 e. The number of alkyl halides is 3. The number of benzene rings is 1. The van der Waals surface area contributed by atoms with Gasteiger partial charge in [-0.05, 0) is 24.6 Å². The summed E-state index contributed by atoms with van der Waals surface area (Å²) in [6, 6.07) is 3.69. The SMILES string of the molecule is CC.CC.Cc1ccc(C(F)(F)F)c(N)c1. The molecule has 0 aromatic heterocycles. The predicted molar refractivity (Wildman–Crippen MR) is 63.3 cm³/mol. The first kappa shape index (κ1) is 17.2. The van der Waals surface area contributed by atoms with Crippen LogP contribution in [-0.2, 0) is 6.18 Å². The van der Waals surface area contributed by atoms with Gasteiger partial charge in [-0.3, -0.25) is 0 Å². The van der Waals surface area contributed by atoms with Gasteiger partial charge in [-0.2, -0.15) is 13.2 Å². The van der Waals surface area contributed by atoms with E-state index in [4.69, 9.17) is 5.73 Å². The van der Waals surface area contributed by atoms with Crippen LogP contribution in [0.1, 0.15) is 38.8 Å². The van der Waals surface area contributed by atoms with Crippen LogP contribution in [0.5, 0.6) is 0 Å². The minimum atomic E-state index is -4.35. The molecular formula is C12H20F3N. The number of rotatable bonds is 0. The molecule has 0 aliphatic rings. The van der Waals surface area contributed by atoms with Crippen LogP contribution in [-0.4, -0.2) is 0 Å². The molecule has 4 heteroatoms. The summed E-state index contributed by atoms with van der Waals surface area (Å²) in [5.74, 6) is 0. The van der Waals surface area contributed by atoms with Crippen LogP contribution in [0.2, 0.25) is 0 Å². The standard InChI is InChI=1S/C8H8F3N.2C2H6/c1-5-2-3-6(7(12)4-5)8(9,10)11;2*1-2/h2-4H,12H2,1H3;2*1-2H3. The first-order valence-electron chi connectivity index (χ1n) is 5.34. The largest absolute Gasteiger partial charge is 0.418 e.